The molecule has 0 saturated heterocycles. The van der Waals surface area contributed by atoms with Crippen molar-refractivity contribution >= 4 is 11.6 Å². The lowest BCUT2D eigenvalue weighted by Crippen LogP contribution is -2.45. The highest BCUT2D eigenvalue weighted by Crippen LogP contribution is 2.29. The first-order valence-electron chi connectivity index (χ1n) is 8.89. The maximum Gasteiger partial charge on any atom is 0.255 e. The Kier molecular flexibility index (Phi) is 7.52. The normalized spacial score (nSPS) is 17.6. The van der Waals surface area contributed by atoms with E-state index in [2.05, 4.69) is 5.32 Å². The number of ether oxygens (including phenoxy) is 3. The molecule has 1 amide bonds. The zero-order chi connectivity index (χ0) is 18.2. The summed E-state index contributed by atoms with van der Waals surface area (Å²) in [7, 11) is 4.66. The summed E-state index contributed by atoms with van der Waals surface area (Å²) in [6, 6.07) is 4.90. The number of carbonyl (C=O) groups excluding carboxylic acids is 1. The van der Waals surface area contributed by atoms with Crippen molar-refractivity contribution in [2.24, 2.45) is 11.7 Å². The van der Waals surface area contributed by atoms with Gasteiger partial charge in [-0.05, 0) is 12.3 Å². The molecular weight excluding hydrogens is 320 g/mol. The third-order valence-electron chi connectivity index (χ3n) is 4.85. The second kappa shape index (κ2) is 9.63. The molecular formula is C19H30N2O4. The lowest BCUT2D eigenvalue weighted by atomic mass is 9.84. The van der Waals surface area contributed by atoms with Crippen LogP contribution in [0.1, 0.15) is 38.5 Å². The minimum absolute atomic E-state index is 0.249. The minimum Gasteiger partial charge on any atom is -0.497 e. The lowest BCUT2D eigenvalue weighted by molar-refractivity contribution is -0.127. The Balaban J connectivity index is 2.01. The molecule has 6 nitrogen and oxygen atoms in total. The van der Waals surface area contributed by atoms with Crippen LogP contribution >= 0.6 is 0 Å². The van der Waals surface area contributed by atoms with Crippen molar-refractivity contribution in [3.8, 4) is 11.5 Å². The predicted molar refractivity (Wildman–Crippen MR) is 98.1 cm³/mol. The Hall–Kier alpha value is -1.79. The van der Waals surface area contributed by atoms with Gasteiger partial charge in [0.05, 0.1) is 14.2 Å². The van der Waals surface area contributed by atoms with Gasteiger partial charge in [0, 0.05) is 37.0 Å². The van der Waals surface area contributed by atoms with Crippen LogP contribution in [0.2, 0.25) is 0 Å². The van der Waals surface area contributed by atoms with Crippen molar-refractivity contribution in [2.75, 3.05) is 26.6 Å². The van der Waals surface area contributed by atoms with E-state index in [4.69, 9.17) is 19.9 Å². The second-order valence-corrected chi connectivity index (χ2v) is 6.65. The van der Waals surface area contributed by atoms with E-state index in [0.717, 1.165) is 6.42 Å². The molecule has 6 heteroatoms. The van der Waals surface area contributed by atoms with Crippen LogP contribution in [0.5, 0.6) is 11.5 Å². The van der Waals surface area contributed by atoms with Gasteiger partial charge >= 0.3 is 0 Å². The summed E-state index contributed by atoms with van der Waals surface area (Å²) in [5.41, 5.74) is 6.88. The van der Waals surface area contributed by atoms with Crippen LogP contribution in [-0.2, 0) is 9.53 Å². The molecule has 2 rings (SSSR count). The Labute approximate surface area is 150 Å². The smallest absolute Gasteiger partial charge is 0.255 e. The number of anilines is 1. The topological polar surface area (TPSA) is 82.8 Å². The summed E-state index contributed by atoms with van der Waals surface area (Å²) in [5, 5.41) is 2.86. The second-order valence-electron chi connectivity index (χ2n) is 6.65. The van der Waals surface area contributed by atoms with Crippen LogP contribution in [-0.4, -0.2) is 39.4 Å². The number of rotatable bonds is 8. The Morgan fingerprint density at radius 2 is 1.72 bits per heavy atom. The molecule has 140 valence electrons. The first-order chi connectivity index (χ1) is 12.1. The highest BCUT2D eigenvalue weighted by atomic mass is 16.5. The molecule has 1 fully saturated rings. The maximum absolute atomic E-state index is 12.6. The molecule has 0 spiro atoms. The van der Waals surface area contributed by atoms with Gasteiger partial charge < -0.3 is 25.3 Å². The summed E-state index contributed by atoms with van der Waals surface area (Å²) in [4.78, 5) is 12.6. The fraction of sp³-hybridized carbons (Fsp3) is 0.632. The van der Waals surface area contributed by atoms with Crippen LogP contribution in [0.15, 0.2) is 18.2 Å². The van der Waals surface area contributed by atoms with E-state index in [9.17, 15) is 4.79 Å². The summed E-state index contributed by atoms with van der Waals surface area (Å²) in [6.07, 6.45) is 6.33. The van der Waals surface area contributed by atoms with Crippen molar-refractivity contribution in [3.05, 3.63) is 18.2 Å². The summed E-state index contributed by atoms with van der Waals surface area (Å²) in [5.74, 6) is 1.55. The highest BCUT2D eigenvalue weighted by molar-refractivity contribution is 5.95. The molecule has 0 bridgehead atoms. The first kappa shape index (κ1) is 19.5. The fourth-order valence-electron chi connectivity index (χ4n) is 3.50. The van der Waals surface area contributed by atoms with Gasteiger partial charge in [-0.1, -0.05) is 32.1 Å². The molecule has 1 saturated carbocycles. The van der Waals surface area contributed by atoms with Crippen LogP contribution in [0.4, 0.5) is 5.69 Å². The van der Waals surface area contributed by atoms with Gasteiger partial charge in [-0.25, -0.2) is 0 Å². The van der Waals surface area contributed by atoms with E-state index in [-0.39, 0.29) is 11.9 Å². The molecule has 0 aliphatic heterocycles. The van der Waals surface area contributed by atoms with Gasteiger partial charge in [0.1, 0.15) is 11.5 Å². The largest absolute Gasteiger partial charge is 0.497 e. The number of nitrogens with one attached hydrogen (secondary N) is 1. The number of nitrogens with two attached hydrogens (primary N) is 1. The molecule has 0 aromatic heterocycles. The van der Waals surface area contributed by atoms with Crippen molar-refractivity contribution in [3.63, 3.8) is 0 Å². The zero-order valence-corrected chi connectivity index (χ0v) is 15.4. The Bertz CT molecular complexity index is 536. The number of amides is 1. The van der Waals surface area contributed by atoms with Crippen LogP contribution in [0.3, 0.4) is 0 Å². The van der Waals surface area contributed by atoms with E-state index in [0.29, 0.717) is 23.1 Å². The van der Waals surface area contributed by atoms with Gasteiger partial charge in [0.2, 0.25) is 0 Å². The molecule has 0 radical (unpaired) electrons. The number of benzene rings is 1. The summed E-state index contributed by atoms with van der Waals surface area (Å²) < 4.78 is 15.9. The molecule has 2 unspecified atom stereocenters. The number of hydrogen-bond donors (Lipinski definition) is 2. The Morgan fingerprint density at radius 1 is 1.12 bits per heavy atom. The lowest BCUT2D eigenvalue weighted by Gasteiger charge is -2.28. The van der Waals surface area contributed by atoms with Crippen molar-refractivity contribution in [1.82, 2.24) is 0 Å². The molecule has 0 heterocycles. The third kappa shape index (κ3) is 5.61. The van der Waals surface area contributed by atoms with E-state index < -0.39 is 6.10 Å². The molecule has 1 aliphatic rings. The van der Waals surface area contributed by atoms with Gasteiger partial charge in [0.15, 0.2) is 6.10 Å². The number of methoxy groups -OCH3 is 3. The average molecular weight is 350 g/mol. The van der Waals surface area contributed by atoms with Crippen molar-refractivity contribution < 1.29 is 19.0 Å². The standard InChI is InChI=1S/C19H30N2O4/c1-23-15-10-14(11-16(12-15)24-2)21-19(22)18(25-3)17(20)9-13-7-5-4-6-8-13/h10-13,17-18H,4-9,20H2,1-3H3,(H,21,22). The van der Waals surface area contributed by atoms with Gasteiger partial charge in [-0.15, -0.1) is 0 Å². The summed E-state index contributed by atoms with van der Waals surface area (Å²) in [6.45, 7) is 0. The average Bonchev–Trinajstić information content (AvgIpc) is 2.62. The van der Waals surface area contributed by atoms with E-state index in [1.165, 1.54) is 39.2 Å². The summed E-state index contributed by atoms with van der Waals surface area (Å²) >= 11 is 0. The SMILES string of the molecule is COc1cc(NC(=O)C(OC)C(N)CC2CCCCC2)cc(OC)c1. The van der Waals surface area contributed by atoms with Crippen LogP contribution in [0, 0.1) is 5.92 Å². The number of hydrogen-bond acceptors (Lipinski definition) is 5. The van der Waals surface area contributed by atoms with Gasteiger partial charge in [0.25, 0.3) is 5.91 Å². The molecule has 1 aromatic carbocycles. The van der Waals surface area contributed by atoms with Crippen molar-refractivity contribution in [1.29, 1.82) is 0 Å². The van der Waals surface area contributed by atoms with Crippen molar-refractivity contribution in [2.45, 2.75) is 50.7 Å². The van der Waals surface area contributed by atoms with Crippen LogP contribution in [0.25, 0.3) is 0 Å². The van der Waals surface area contributed by atoms with E-state index >= 15 is 0 Å². The Morgan fingerprint density at radius 3 is 2.24 bits per heavy atom. The monoisotopic (exact) mass is 350 g/mol. The minimum atomic E-state index is -0.681. The first-order valence-corrected chi connectivity index (χ1v) is 8.89. The molecule has 25 heavy (non-hydrogen) atoms. The maximum atomic E-state index is 12.6. The molecule has 2 atom stereocenters. The van der Waals surface area contributed by atoms with E-state index in [1.54, 1.807) is 32.4 Å². The molecule has 1 aliphatic carbocycles. The quantitative estimate of drug-likeness (QED) is 0.753. The molecule has 3 N–H and O–H groups in total. The van der Waals surface area contributed by atoms with E-state index in [1.807, 2.05) is 0 Å². The van der Waals surface area contributed by atoms with Gasteiger partial charge in [-0.3, -0.25) is 4.79 Å². The zero-order valence-electron chi connectivity index (χ0n) is 15.4. The highest BCUT2D eigenvalue weighted by Gasteiger charge is 2.28. The number of carbonyl (C=O) groups is 1. The third-order valence-corrected chi connectivity index (χ3v) is 4.85. The fourth-order valence-corrected chi connectivity index (χ4v) is 3.50. The molecule has 1 aromatic rings. The predicted octanol–water partition coefficient (Wildman–Crippen LogP) is 2.96. The van der Waals surface area contributed by atoms with Crippen LogP contribution < -0.4 is 20.5 Å². The van der Waals surface area contributed by atoms with Gasteiger partial charge in [-0.2, -0.15) is 0 Å².